The van der Waals surface area contributed by atoms with E-state index in [-0.39, 0.29) is 35.6 Å². The van der Waals surface area contributed by atoms with Crippen LogP contribution in [0.1, 0.15) is 74.9 Å². The molecule has 44 heavy (non-hydrogen) atoms. The number of allylic oxidation sites excluding steroid dienone is 4. The van der Waals surface area contributed by atoms with E-state index >= 15 is 0 Å². The average molecular weight is 923 g/mol. The Bertz CT molecular complexity index is 1710. The van der Waals surface area contributed by atoms with Gasteiger partial charge in [0.05, 0.1) is 0 Å². The number of hydrogen-bond donors (Lipinski definition) is 0. The van der Waals surface area contributed by atoms with Gasteiger partial charge in [-0.15, -0.1) is 0 Å². The Balaban J connectivity index is 0.00000221. The molecule has 4 aromatic carbocycles. The molecule has 2 aliphatic carbocycles. The summed E-state index contributed by atoms with van der Waals surface area (Å²) in [7, 11) is 0. The van der Waals surface area contributed by atoms with E-state index in [1.807, 2.05) is 0 Å². The van der Waals surface area contributed by atoms with Crippen LogP contribution in [0.4, 0.5) is 0 Å². The summed E-state index contributed by atoms with van der Waals surface area (Å²) in [4.78, 5) is 0. The SMILES string of the molecule is CC(C)(C)c1ccc2c(c1)Cc1c-2ccc(C(C)(C)C)[c]1[Zr+2](=[C](c1ccc(I)cc1)c1ccc(I)cc1)[CH]1C=CC=C1.[Cl-].[Cl-]. The molecule has 0 spiro atoms. The van der Waals surface area contributed by atoms with Crippen molar-refractivity contribution in [1.29, 1.82) is 0 Å². The molecule has 0 radical (unpaired) electrons. The summed E-state index contributed by atoms with van der Waals surface area (Å²) in [5.41, 5.74) is 11.9. The van der Waals surface area contributed by atoms with Crippen LogP contribution >= 0.6 is 45.2 Å². The summed E-state index contributed by atoms with van der Waals surface area (Å²) in [6.45, 7) is 14.2. The number of hydrogen-bond acceptors (Lipinski definition) is 0. The number of rotatable bonds is 4. The van der Waals surface area contributed by atoms with Crippen LogP contribution in [0.15, 0.2) is 103 Å². The zero-order valence-electron chi connectivity index (χ0n) is 26.1. The molecule has 0 bridgehead atoms. The third kappa shape index (κ3) is 7.18. The largest absolute Gasteiger partial charge is 1.00 e. The van der Waals surface area contributed by atoms with Gasteiger partial charge in [-0.3, -0.25) is 0 Å². The molecule has 4 aromatic rings. The van der Waals surface area contributed by atoms with Gasteiger partial charge in [0.1, 0.15) is 0 Å². The molecule has 0 saturated heterocycles. The van der Waals surface area contributed by atoms with E-state index in [1.54, 1.807) is 17.6 Å². The van der Waals surface area contributed by atoms with Crippen LogP contribution in [0.2, 0.25) is 3.63 Å². The molecule has 0 aromatic heterocycles. The first-order valence-corrected chi connectivity index (χ1v) is 20.9. The number of benzene rings is 4. The van der Waals surface area contributed by atoms with Crippen molar-refractivity contribution in [2.24, 2.45) is 0 Å². The second-order valence-corrected chi connectivity index (χ2v) is 22.3. The molecule has 0 fully saturated rings. The van der Waals surface area contributed by atoms with Crippen LogP contribution in [0.25, 0.3) is 11.1 Å². The van der Waals surface area contributed by atoms with Crippen LogP contribution in [-0.2, 0) is 38.5 Å². The van der Waals surface area contributed by atoms with Gasteiger partial charge in [-0.05, 0) is 0 Å². The topological polar surface area (TPSA) is 0 Å². The van der Waals surface area contributed by atoms with Gasteiger partial charge in [-0.2, -0.15) is 0 Å². The Morgan fingerprint density at radius 3 is 1.68 bits per heavy atom. The molecule has 0 unspecified atom stereocenters. The van der Waals surface area contributed by atoms with Gasteiger partial charge < -0.3 is 24.8 Å². The molecule has 0 atom stereocenters. The van der Waals surface area contributed by atoms with E-state index in [0.29, 0.717) is 3.63 Å². The smallest absolute Gasteiger partial charge is 1.00 e. The molecule has 226 valence electrons. The molecular weight excluding hydrogens is 884 g/mol. The summed E-state index contributed by atoms with van der Waals surface area (Å²) in [5.74, 6) is 0. The summed E-state index contributed by atoms with van der Waals surface area (Å²) >= 11 is 2.16. The number of halogens is 4. The van der Waals surface area contributed by atoms with Crippen molar-refractivity contribution < 1.29 is 46.1 Å². The molecule has 0 heterocycles. The molecule has 0 N–H and O–H groups in total. The monoisotopic (exact) mass is 920 g/mol. The molecule has 0 saturated carbocycles. The molecular formula is C39H38Cl2I2Zr. The van der Waals surface area contributed by atoms with Crippen LogP contribution < -0.4 is 28.1 Å². The number of fused-ring (bicyclic) bond motifs is 3. The zero-order valence-corrected chi connectivity index (χ0v) is 34.4. The van der Waals surface area contributed by atoms with Crippen molar-refractivity contribution >= 4 is 51.7 Å². The minimum Gasteiger partial charge on any atom is -1.00 e. The summed E-state index contributed by atoms with van der Waals surface area (Å²) < 4.78 is 6.36. The molecule has 5 heteroatoms. The maximum atomic E-state index is 2.50. The summed E-state index contributed by atoms with van der Waals surface area (Å²) in [6, 6.07) is 30.8. The van der Waals surface area contributed by atoms with E-state index < -0.39 is 21.3 Å². The van der Waals surface area contributed by atoms with Gasteiger partial charge in [-0.1, -0.05) is 0 Å². The van der Waals surface area contributed by atoms with Crippen LogP contribution in [0.3, 0.4) is 0 Å². The minimum absolute atomic E-state index is 0. The Hall–Kier alpha value is -0.847. The van der Waals surface area contributed by atoms with E-state index in [9.17, 15) is 0 Å². The fraction of sp³-hybridized carbons (Fsp3) is 0.256. The van der Waals surface area contributed by atoms with Crippen molar-refractivity contribution in [2.45, 2.75) is 62.4 Å². The van der Waals surface area contributed by atoms with Crippen LogP contribution in [0.5, 0.6) is 0 Å². The molecule has 0 amide bonds. The van der Waals surface area contributed by atoms with E-state index in [4.69, 9.17) is 0 Å². The predicted molar refractivity (Wildman–Crippen MR) is 195 cm³/mol. The molecule has 0 aliphatic heterocycles. The van der Waals surface area contributed by atoms with Crippen molar-refractivity contribution in [1.82, 2.24) is 0 Å². The first kappa shape index (κ1) is 36.0. The Labute approximate surface area is 311 Å². The fourth-order valence-electron chi connectivity index (χ4n) is 6.47. The van der Waals surface area contributed by atoms with Crippen molar-refractivity contribution in [3.8, 4) is 11.1 Å². The van der Waals surface area contributed by atoms with E-state index in [2.05, 4.69) is 190 Å². The van der Waals surface area contributed by atoms with Crippen LogP contribution in [-0.4, -0.2) is 3.21 Å². The van der Waals surface area contributed by atoms with E-state index in [1.165, 1.54) is 40.5 Å². The van der Waals surface area contributed by atoms with Gasteiger partial charge in [-0.25, -0.2) is 0 Å². The molecule has 6 rings (SSSR count). The average Bonchev–Trinajstić information content (AvgIpc) is 3.59. The summed E-state index contributed by atoms with van der Waals surface area (Å²) in [6.07, 6.45) is 10.6. The first-order chi connectivity index (χ1) is 19.9. The second-order valence-electron chi connectivity index (χ2n) is 13.7. The maximum Gasteiger partial charge on any atom is -1.00 e. The van der Waals surface area contributed by atoms with E-state index in [0.717, 1.165) is 6.42 Å². The maximum absolute atomic E-state index is 2.72. The van der Waals surface area contributed by atoms with Gasteiger partial charge in [0.15, 0.2) is 0 Å². The van der Waals surface area contributed by atoms with Crippen molar-refractivity contribution in [3.05, 3.63) is 144 Å². The fourth-order valence-corrected chi connectivity index (χ4v) is 16.5. The zero-order chi connectivity index (χ0) is 29.8. The molecule has 0 nitrogen and oxygen atoms in total. The standard InChI is InChI=1S/C21H25.C13H8I2.C5H5.2ClH.Zr/c1-20(2,3)16-7-9-18-14(12-16)11-15-13-17(21(4,5)6)8-10-19(15)18;14-12-5-1-10(2-6-12)9-11-3-7-13(15)8-4-11;1-2-4-5-3-1;;;/h7-10,12H,11H2,1-6H3;1-8H;1-5H;2*1H;/q;;;;;+2/p-2. The first-order valence-electron chi connectivity index (χ1n) is 14.8. The third-order valence-corrected chi connectivity index (χ3v) is 18.1. The van der Waals surface area contributed by atoms with Crippen molar-refractivity contribution in [3.63, 3.8) is 0 Å². The normalized spacial score (nSPS) is 13.4. The molecule has 2 aliphatic rings. The van der Waals surface area contributed by atoms with Gasteiger partial charge in [0, 0.05) is 0 Å². The Kier molecular flexibility index (Phi) is 11.5. The van der Waals surface area contributed by atoms with Gasteiger partial charge >= 0.3 is 290 Å². The third-order valence-electron chi connectivity index (χ3n) is 8.64. The van der Waals surface area contributed by atoms with Gasteiger partial charge in [0.2, 0.25) is 0 Å². The minimum atomic E-state index is -2.72. The van der Waals surface area contributed by atoms with Gasteiger partial charge in [0.25, 0.3) is 0 Å². The summed E-state index contributed by atoms with van der Waals surface area (Å²) in [5, 5.41) is 0. The second kappa shape index (κ2) is 14.1. The Morgan fingerprint density at radius 2 is 1.18 bits per heavy atom. The predicted octanol–water partition coefficient (Wildman–Crippen LogP) is 4.50. The van der Waals surface area contributed by atoms with Crippen molar-refractivity contribution in [2.75, 3.05) is 0 Å². The van der Waals surface area contributed by atoms with Crippen LogP contribution in [0, 0.1) is 7.14 Å². The Morgan fingerprint density at radius 1 is 0.659 bits per heavy atom. The quantitative estimate of drug-likeness (QED) is 0.234.